The summed E-state index contributed by atoms with van der Waals surface area (Å²) in [5.74, 6) is 2.55. The van der Waals surface area contributed by atoms with Crippen LogP contribution in [-0.2, 0) is 22.7 Å². The number of ether oxygens (including phenoxy) is 2. The highest BCUT2D eigenvalue weighted by Crippen LogP contribution is 2.16. The largest absolute Gasteiger partial charge is 0.376 e. The highest BCUT2D eigenvalue weighted by atomic mass is 35.5. The Morgan fingerprint density at radius 1 is 0.742 bits per heavy atom. The molecule has 0 amide bonds. The fraction of sp³-hybridized carbons (Fsp3) is 0.519. The van der Waals surface area contributed by atoms with Crippen molar-refractivity contribution in [1.82, 2.24) is 0 Å². The van der Waals surface area contributed by atoms with Crippen molar-refractivity contribution in [2.45, 2.75) is 47.3 Å². The summed E-state index contributed by atoms with van der Waals surface area (Å²) in [4.78, 5) is 0. The average Bonchev–Trinajstić information content (AvgIpc) is 2.77. The van der Waals surface area contributed by atoms with E-state index in [4.69, 9.17) is 26.3 Å². The van der Waals surface area contributed by atoms with Crippen molar-refractivity contribution < 1.29 is 9.47 Å². The third-order valence-electron chi connectivity index (χ3n) is 5.32. The van der Waals surface area contributed by atoms with Crippen LogP contribution in [-0.4, -0.2) is 19.1 Å². The molecule has 0 bridgehead atoms. The van der Waals surface area contributed by atoms with Crippen molar-refractivity contribution in [2.24, 2.45) is 23.7 Å². The van der Waals surface area contributed by atoms with E-state index in [1.165, 1.54) is 11.1 Å². The van der Waals surface area contributed by atoms with Crippen molar-refractivity contribution in [2.75, 3.05) is 19.1 Å². The van der Waals surface area contributed by atoms with Gasteiger partial charge in [0.15, 0.2) is 0 Å². The first-order valence-corrected chi connectivity index (χ1v) is 11.7. The summed E-state index contributed by atoms with van der Waals surface area (Å²) < 4.78 is 11.3. The van der Waals surface area contributed by atoms with Gasteiger partial charge in [0, 0.05) is 12.3 Å². The number of rotatable bonds is 12. The quantitative estimate of drug-likeness (QED) is 0.328. The maximum Gasteiger partial charge on any atom is 0.0717 e. The van der Waals surface area contributed by atoms with Gasteiger partial charge < -0.3 is 9.47 Å². The number of hydrogen-bond donors (Lipinski definition) is 0. The van der Waals surface area contributed by atoms with Gasteiger partial charge in [0.05, 0.1) is 32.5 Å². The van der Waals surface area contributed by atoms with Gasteiger partial charge in [0.1, 0.15) is 0 Å². The molecule has 4 heteroatoms. The maximum atomic E-state index is 8.70. The average molecular weight is 444 g/mol. The van der Waals surface area contributed by atoms with Crippen LogP contribution in [0.2, 0.25) is 0 Å². The van der Waals surface area contributed by atoms with Crippen LogP contribution in [0.5, 0.6) is 0 Å². The highest BCUT2D eigenvalue weighted by molar-refractivity contribution is 6.18. The van der Waals surface area contributed by atoms with Crippen LogP contribution in [0.1, 0.15) is 45.2 Å². The van der Waals surface area contributed by atoms with E-state index < -0.39 is 0 Å². The number of benzene rings is 2. The number of alkyl halides is 1. The van der Waals surface area contributed by atoms with Crippen molar-refractivity contribution in [1.29, 1.82) is 5.26 Å². The van der Waals surface area contributed by atoms with Gasteiger partial charge in [-0.05, 0) is 34.8 Å². The molecule has 0 radical (unpaired) electrons. The first-order chi connectivity index (χ1) is 15.0. The molecule has 0 saturated heterocycles. The molecule has 3 nitrogen and oxygen atoms in total. The van der Waals surface area contributed by atoms with E-state index in [2.05, 4.69) is 58.0 Å². The Morgan fingerprint density at radius 2 is 1.16 bits per heavy atom. The number of nitriles is 1. The SMILES string of the molecule is CC(C)[C@H](CC#N)COCc1ccccc1.CC(C)[C@H](CCl)COCc1ccccc1. The van der Waals surface area contributed by atoms with Crippen LogP contribution in [0.15, 0.2) is 60.7 Å². The Hall–Kier alpha value is -1.86. The molecule has 0 aliphatic carbocycles. The second-order valence-electron chi connectivity index (χ2n) is 8.53. The molecular weight excluding hydrogens is 406 g/mol. The van der Waals surface area contributed by atoms with Gasteiger partial charge in [-0.15, -0.1) is 11.6 Å². The molecule has 2 aromatic rings. The number of hydrogen-bond acceptors (Lipinski definition) is 3. The Balaban J connectivity index is 0.000000311. The van der Waals surface area contributed by atoms with E-state index in [9.17, 15) is 0 Å². The fourth-order valence-corrected chi connectivity index (χ4v) is 3.27. The Morgan fingerprint density at radius 3 is 1.52 bits per heavy atom. The first kappa shape index (κ1) is 27.2. The summed E-state index contributed by atoms with van der Waals surface area (Å²) in [6, 6.07) is 22.5. The summed E-state index contributed by atoms with van der Waals surface area (Å²) in [5.41, 5.74) is 2.40. The van der Waals surface area contributed by atoms with Crippen LogP contribution in [0.4, 0.5) is 0 Å². The molecular formula is C27H38ClNO2. The van der Waals surface area contributed by atoms with Gasteiger partial charge in [-0.25, -0.2) is 0 Å². The molecule has 0 N–H and O–H groups in total. The lowest BCUT2D eigenvalue weighted by Crippen LogP contribution is -2.17. The van der Waals surface area contributed by atoms with E-state index >= 15 is 0 Å². The van der Waals surface area contributed by atoms with E-state index in [1.54, 1.807) is 0 Å². The lowest BCUT2D eigenvalue weighted by molar-refractivity contribution is 0.0731. The van der Waals surface area contributed by atoms with E-state index in [-0.39, 0.29) is 0 Å². The minimum absolute atomic E-state index is 0.341. The summed E-state index contributed by atoms with van der Waals surface area (Å²) >= 11 is 5.86. The monoisotopic (exact) mass is 443 g/mol. The predicted octanol–water partition coefficient (Wildman–Crippen LogP) is 7.10. The van der Waals surface area contributed by atoms with Gasteiger partial charge in [-0.1, -0.05) is 88.4 Å². The topological polar surface area (TPSA) is 42.2 Å². The van der Waals surface area contributed by atoms with E-state index in [0.29, 0.717) is 55.8 Å². The Labute approximate surface area is 194 Å². The zero-order valence-electron chi connectivity index (χ0n) is 19.5. The predicted molar refractivity (Wildman–Crippen MR) is 130 cm³/mol. The maximum absolute atomic E-state index is 8.70. The van der Waals surface area contributed by atoms with Gasteiger partial charge >= 0.3 is 0 Å². The van der Waals surface area contributed by atoms with Crippen molar-refractivity contribution >= 4 is 11.6 Å². The molecule has 170 valence electrons. The second kappa shape index (κ2) is 16.8. The molecule has 0 saturated carbocycles. The van der Waals surface area contributed by atoms with E-state index in [0.717, 1.165) is 6.61 Å². The highest BCUT2D eigenvalue weighted by Gasteiger charge is 2.13. The third-order valence-corrected chi connectivity index (χ3v) is 5.72. The molecule has 2 atom stereocenters. The molecule has 31 heavy (non-hydrogen) atoms. The molecule has 2 aromatic carbocycles. The van der Waals surface area contributed by atoms with Crippen molar-refractivity contribution in [3.05, 3.63) is 71.8 Å². The van der Waals surface area contributed by atoms with Gasteiger partial charge in [-0.2, -0.15) is 5.26 Å². The molecule has 0 unspecified atom stereocenters. The zero-order chi connectivity index (χ0) is 22.9. The summed E-state index contributed by atoms with van der Waals surface area (Å²) in [6.45, 7) is 11.4. The van der Waals surface area contributed by atoms with Gasteiger partial charge in [-0.3, -0.25) is 0 Å². The smallest absolute Gasteiger partial charge is 0.0717 e. The normalized spacial score (nSPS) is 12.7. The standard InChI is InChI=1S/C14H19NO.C13H19ClO/c1-12(2)14(8-9-15)11-16-10-13-6-4-3-5-7-13;1-11(2)13(8-14)10-15-9-12-6-4-3-5-7-12/h3-7,12,14H,8,10-11H2,1-2H3;3-7,11,13H,8-10H2,1-2H3/t14-;13-/m11/s1. The second-order valence-corrected chi connectivity index (χ2v) is 8.83. The summed E-state index contributed by atoms with van der Waals surface area (Å²) in [6.07, 6.45) is 0.576. The van der Waals surface area contributed by atoms with Crippen LogP contribution in [0.3, 0.4) is 0 Å². The van der Waals surface area contributed by atoms with Gasteiger partial charge in [0.2, 0.25) is 0 Å². The minimum atomic E-state index is 0.341. The molecule has 0 spiro atoms. The zero-order valence-corrected chi connectivity index (χ0v) is 20.2. The summed E-state index contributed by atoms with van der Waals surface area (Å²) in [7, 11) is 0. The van der Waals surface area contributed by atoms with Crippen molar-refractivity contribution in [3.8, 4) is 6.07 Å². The molecule has 0 aliphatic rings. The molecule has 0 aliphatic heterocycles. The Kier molecular flexibility index (Phi) is 14.7. The van der Waals surface area contributed by atoms with Crippen LogP contribution in [0, 0.1) is 35.0 Å². The van der Waals surface area contributed by atoms with Gasteiger partial charge in [0.25, 0.3) is 0 Å². The molecule has 0 fully saturated rings. The van der Waals surface area contributed by atoms with Crippen LogP contribution < -0.4 is 0 Å². The molecule has 0 aromatic heterocycles. The van der Waals surface area contributed by atoms with Crippen LogP contribution in [0.25, 0.3) is 0 Å². The van der Waals surface area contributed by atoms with E-state index in [1.807, 2.05) is 36.4 Å². The third kappa shape index (κ3) is 12.6. The molecule has 0 heterocycles. The Bertz CT molecular complexity index is 713. The first-order valence-electron chi connectivity index (χ1n) is 11.1. The summed E-state index contributed by atoms with van der Waals surface area (Å²) in [5, 5.41) is 8.70. The molecule has 2 rings (SSSR count). The van der Waals surface area contributed by atoms with Crippen molar-refractivity contribution in [3.63, 3.8) is 0 Å². The lowest BCUT2D eigenvalue weighted by atomic mass is 9.94. The minimum Gasteiger partial charge on any atom is -0.376 e. The lowest BCUT2D eigenvalue weighted by Gasteiger charge is -2.17. The fourth-order valence-electron chi connectivity index (χ4n) is 2.82. The number of halogens is 1. The number of nitrogens with zero attached hydrogens (tertiary/aromatic N) is 1. The van der Waals surface area contributed by atoms with Crippen LogP contribution >= 0.6 is 11.6 Å².